The Labute approximate surface area is 218 Å². The number of benzene rings is 2. The SMILES string of the molecule is CNC(=O)O.COc1ccc2c(c1)C(=O)c1cc(CO)c3c(c1C2=O)CC(OS(C)(=O)=O)C3OS(C)(=O)=O. The summed E-state index contributed by atoms with van der Waals surface area (Å²) in [6.45, 7) is -0.614. The Kier molecular flexibility index (Phi) is 8.28. The number of hydrogen-bond acceptors (Lipinski definition) is 11. The molecule has 2 aliphatic carbocycles. The van der Waals surface area contributed by atoms with Crippen molar-refractivity contribution in [2.75, 3.05) is 26.7 Å². The maximum absolute atomic E-state index is 13.4. The molecule has 0 saturated carbocycles. The second-order valence-corrected chi connectivity index (χ2v) is 11.6. The van der Waals surface area contributed by atoms with Crippen molar-refractivity contribution < 1.29 is 54.5 Å². The molecule has 0 saturated heterocycles. The van der Waals surface area contributed by atoms with E-state index in [9.17, 15) is 36.3 Å². The molecule has 0 radical (unpaired) electrons. The summed E-state index contributed by atoms with van der Waals surface area (Å²) >= 11 is 0. The molecule has 0 fully saturated rings. The average molecular weight is 572 g/mol. The number of nitrogens with one attached hydrogen (secondary N) is 1. The van der Waals surface area contributed by atoms with E-state index in [2.05, 4.69) is 0 Å². The summed E-state index contributed by atoms with van der Waals surface area (Å²) < 4.78 is 62.8. The second-order valence-electron chi connectivity index (χ2n) is 8.40. The van der Waals surface area contributed by atoms with Gasteiger partial charge in [-0.2, -0.15) is 16.8 Å². The number of rotatable bonds is 6. The molecule has 2 unspecified atom stereocenters. The Bertz CT molecular complexity index is 1530. The molecule has 38 heavy (non-hydrogen) atoms. The van der Waals surface area contributed by atoms with Crippen molar-refractivity contribution in [3.05, 3.63) is 63.2 Å². The van der Waals surface area contributed by atoms with Crippen LogP contribution in [0.5, 0.6) is 5.75 Å². The Morgan fingerprint density at radius 2 is 1.61 bits per heavy atom. The van der Waals surface area contributed by atoms with Crippen LogP contribution in [0.4, 0.5) is 4.79 Å². The van der Waals surface area contributed by atoms with E-state index in [1.54, 1.807) is 0 Å². The first-order valence-corrected chi connectivity index (χ1v) is 14.5. The van der Waals surface area contributed by atoms with E-state index in [1.165, 1.54) is 38.4 Å². The normalized spacial score (nSPS) is 18.0. The minimum absolute atomic E-state index is 0.00608. The van der Waals surface area contributed by atoms with E-state index in [0.717, 1.165) is 12.5 Å². The van der Waals surface area contributed by atoms with E-state index < -0.39 is 56.7 Å². The smallest absolute Gasteiger partial charge is 0.404 e. The molecular weight excluding hydrogens is 546 g/mol. The molecule has 0 heterocycles. The molecule has 0 bridgehead atoms. The van der Waals surface area contributed by atoms with Crippen molar-refractivity contribution in [1.29, 1.82) is 0 Å². The molecule has 4 rings (SSSR count). The zero-order valence-corrected chi connectivity index (χ0v) is 22.3. The highest BCUT2D eigenvalue weighted by molar-refractivity contribution is 7.86. The fourth-order valence-corrected chi connectivity index (χ4v) is 5.58. The summed E-state index contributed by atoms with van der Waals surface area (Å²) in [4.78, 5) is 35.9. The van der Waals surface area contributed by atoms with Gasteiger partial charge in [-0.3, -0.25) is 18.0 Å². The van der Waals surface area contributed by atoms with Gasteiger partial charge in [0.1, 0.15) is 18.0 Å². The van der Waals surface area contributed by atoms with Crippen LogP contribution in [-0.4, -0.2) is 77.5 Å². The number of carbonyl (C=O) groups excluding carboxylic acids is 2. The molecule has 2 aliphatic rings. The fraction of sp³-hybridized carbons (Fsp3) is 0.348. The van der Waals surface area contributed by atoms with Crippen LogP contribution >= 0.6 is 0 Å². The van der Waals surface area contributed by atoms with Crippen LogP contribution in [0.25, 0.3) is 0 Å². The lowest BCUT2D eigenvalue weighted by Gasteiger charge is -2.23. The van der Waals surface area contributed by atoms with Gasteiger partial charge < -0.3 is 20.3 Å². The summed E-state index contributed by atoms with van der Waals surface area (Å²) in [6.07, 6.45) is -2.38. The number of aliphatic hydroxyl groups is 1. The summed E-state index contributed by atoms with van der Waals surface area (Å²) in [5, 5.41) is 19.5. The van der Waals surface area contributed by atoms with Gasteiger partial charge in [-0.15, -0.1) is 0 Å². The van der Waals surface area contributed by atoms with Crippen LogP contribution in [0, 0.1) is 0 Å². The first-order chi connectivity index (χ1) is 17.6. The summed E-state index contributed by atoms with van der Waals surface area (Å²) in [5.74, 6) is -0.602. The third-order valence-electron chi connectivity index (χ3n) is 5.74. The molecular formula is C23H25NO12S2. The number of ketones is 2. The largest absolute Gasteiger partial charge is 0.497 e. The van der Waals surface area contributed by atoms with Crippen molar-refractivity contribution in [3.8, 4) is 5.75 Å². The zero-order chi connectivity index (χ0) is 28.6. The first-order valence-electron chi connectivity index (χ1n) is 10.9. The molecule has 2 atom stereocenters. The third-order valence-corrected chi connectivity index (χ3v) is 6.89. The van der Waals surface area contributed by atoms with E-state index in [0.29, 0.717) is 5.75 Å². The lowest BCUT2D eigenvalue weighted by atomic mass is 9.79. The standard InChI is InChI=1S/C21H20O10S2.C2H5NO2/c1-29-11-4-5-12-13(7-11)19(23)15-6-10(9-22)17-14(18(15)20(12)24)8-16(30-32(2,25)26)21(17)31-33(3,27)28;1-3-2(4)5/h4-7,16,21-22H,8-9H2,1-3H3;3H,1H3,(H,4,5). The highest BCUT2D eigenvalue weighted by Gasteiger charge is 2.45. The number of fused-ring (bicyclic) bond motifs is 4. The highest BCUT2D eigenvalue weighted by Crippen LogP contribution is 2.45. The van der Waals surface area contributed by atoms with Crippen LogP contribution in [0.3, 0.4) is 0 Å². The van der Waals surface area contributed by atoms with Gasteiger partial charge >= 0.3 is 6.09 Å². The minimum atomic E-state index is -4.09. The lowest BCUT2D eigenvalue weighted by molar-refractivity contribution is 0.0768. The Morgan fingerprint density at radius 1 is 1.00 bits per heavy atom. The van der Waals surface area contributed by atoms with Gasteiger partial charge in [0, 0.05) is 35.7 Å². The monoisotopic (exact) mass is 571 g/mol. The van der Waals surface area contributed by atoms with E-state index in [-0.39, 0.29) is 45.4 Å². The number of hydrogen-bond donors (Lipinski definition) is 3. The minimum Gasteiger partial charge on any atom is -0.497 e. The number of methoxy groups -OCH3 is 1. The molecule has 0 aromatic heterocycles. The van der Waals surface area contributed by atoms with Gasteiger partial charge in [0.2, 0.25) is 0 Å². The van der Waals surface area contributed by atoms with Crippen LogP contribution in [0.1, 0.15) is 54.6 Å². The zero-order valence-electron chi connectivity index (χ0n) is 20.7. The molecule has 15 heteroatoms. The maximum atomic E-state index is 13.4. The molecule has 2 aromatic rings. The summed E-state index contributed by atoms with van der Waals surface area (Å²) in [7, 11) is -5.35. The predicted octanol–water partition coefficient (Wildman–Crippen LogP) is 0.765. The van der Waals surface area contributed by atoms with Gasteiger partial charge in [-0.05, 0) is 41.0 Å². The summed E-state index contributed by atoms with van der Waals surface area (Å²) in [6, 6.07) is 5.73. The molecule has 206 valence electrons. The lowest BCUT2D eigenvalue weighted by Crippen LogP contribution is -2.26. The number of ether oxygens (including phenoxy) is 1. The third kappa shape index (κ3) is 6.02. The molecule has 0 aliphatic heterocycles. The summed E-state index contributed by atoms with van der Waals surface area (Å²) in [5.41, 5.74) is 0.728. The van der Waals surface area contributed by atoms with Gasteiger partial charge in [-0.1, -0.05) is 0 Å². The number of carbonyl (C=O) groups is 3. The Hall–Kier alpha value is -3.37. The van der Waals surface area contributed by atoms with Crippen LogP contribution in [-0.2, 0) is 41.6 Å². The van der Waals surface area contributed by atoms with Gasteiger partial charge in [0.25, 0.3) is 20.2 Å². The van der Waals surface area contributed by atoms with Crippen LogP contribution in [0.2, 0.25) is 0 Å². The van der Waals surface area contributed by atoms with E-state index >= 15 is 0 Å². The average Bonchev–Trinajstić information content (AvgIpc) is 3.16. The van der Waals surface area contributed by atoms with Gasteiger partial charge in [0.15, 0.2) is 11.6 Å². The maximum Gasteiger partial charge on any atom is 0.404 e. The molecule has 3 N–H and O–H groups in total. The van der Waals surface area contributed by atoms with Crippen molar-refractivity contribution in [2.45, 2.75) is 25.2 Å². The van der Waals surface area contributed by atoms with Crippen molar-refractivity contribution in [2.24, 2.45) is 0 Å². The van der Waals surface area contributed by atoms with Gasteiger partial charge in [-0.25, -0.2) is 4.79 Å². The van der Waals surface area contributed by atoms with E-state index in [4.69, 9.17) is 18.2 Å². The Morgan fingerprint density at radius 3 is 2.11 bits per heavy atom. The van der Waals surface area contributed by atoms with Crippen molar-refractivity contribution in [3.63, 3.8) is 0 Å². The highest BCUT2D eigenvalue weighted by atomic mass is 32.2. The quantitative estimate of drug-likeness (QED) is 0.352. The van der Waals surface area contributed by atoms with Crippen LogP contribution < -0.4 is 10.1 Å². The molecule has 0 spiro atoms. The number of amides is 1. The van der Waals surface area contributed by atoms with E-state index in [1.807, 2.05) is 5.32 Å². The predicted molar refractivity (Wildman–Crippen MR) is 131 cm³/mol. The fourth-order valence-electron chi connectivity index (χ4n) is 4.37. The Balaban J connectivity index is 0.000000732. The molecule has 1 amide bonds. The molecule has 13 nitrogen and oxygen atoms in total. The first kappa shape index (κ1) is 29.2. The van der Waals surface area contributed by atoms with Gasteiger partial charge in [0.05, 0.1) is 26.2 Å². The number of carboxylic acid groups (broad SMARTS) is 1. The molecule has 2 aromatic carbocycles. The number of aliphatic hydroxyl groups excluding tert-OH is 1. The van der Waals surface area contributed by atoms with Crippen molar-refractivity contribution in [1.82, 2.24) is 5.32 Å². The topological polar surface area (TPSA) is 200 Å². The van der Waals surface area contributed by atoms with Crippen LogP contribution in [0.15, 0.2) is 24.3 Å². The van der Waals surface area contributed by atoms with Crippen molar-refractivity contribution >= 4 is 37.9 Å². The second kappa shape index (κ2) is 10.8.